The van der Waals surface area contributed by atoms with Crippen molar-refractivity contribution in [3.63, 3.8) is 0 Å². The highest BCUT2D eigenvalue weighted by molar-refractivity contribution is 7.16. The summed E-state index contributed by atoms with van der Waals surface area (Å²) < 4.78 is 7.91. The fourth-order valence-electron chi connectivity index (χ4n) is 3.19. The number of nitrogens with one attached hydrogen (secondary N) is 1. The average molecular weight is 419 g/mol. The summed E-state index contributed by atoms with van der Waals surface area (Å²) in [6, 6.07) is 8.94. The number of anilines is 2. The van der Waals surface area contributed by atoms with Crippen LogP contribution in [0.3, 0.4) is 0 Å². The number of benzene rings is 1. The number of H-pyrrole nitrogens is 1. The molecule has 0 bridgehead atoms. The van der Waals surface area contributed by atoms with Gasteiger partial charge in [0.25, 0.3) is 0 Å². The molecule has 0 fully saturated rings. The molecule has 0 aliphatic rings. The van der Waals surface area contributed by atoms with Crippen LogP contribution in [0.15, 0.2) is 52.6 Å². The largest absolute Gasteiger partial charge is 0.425 e. The van der Waals surface area contributed by atoms with Crippen molar-refractivity contribution < 1.29 is 9.53 Å². The van der Waals surface area contributed by atoms with E-state index in [-0.39, 0.29) is 16.9 Å². The Morgan fingerprint density at radius 2 is 2.20 bits per heavy atom. The fourth-order valence-corrected chi connectivity index (χ4v) is 3.90. The molecule has 3 heterocycles. The Kier molecular flexibility index (Phi) is 4.85. The Morgan fingerprint density at radius 1 is 1.40 bits per heavy atom. The van der Waals surface area contributed by atoms with Gasteiger partial charge in [0.05, 0.1) is 26.9 Å². The molecule has 0 spiro atoms. The van der Waals surface area contributed by atoms with E-state index in [0.717, 1.165) is 10.2 Å². The quantitative estimate of drug-likeness (QED) is 0.488. The maximum Gasteiger partial charge on any atom is 0.425 e. The molecule has 0 saturated carbocycles. The summed E-state index contributed by atoms with van der Waals surface area (Å²) in [5.74, 6) is 0.696. The van der Waals surface area contributed by atoms with Gasteiger partial charge in [0.1, 0.15) is 23.2 Å². The monoisotopic (exact) mass is 419 g/mol. The molecule has 1 aromatic carbocycles. The number of aromatic amines is 1. The number of carbonyl (C=O) groups is 1. The number of fused-ring (bicyclic) bond motifs is 2. The van der Waals surface area contributed by atoms with Gasteiger partial charge in [-0.2, -0.15) is 5.26 Å². The van der Waals surface area contributed by atoms with Gasteiger partial charge < -0.3 is 4.74 Å². The zero-order valence-corrected chi connectivity index (χ0v) is 17.3. The van der Waals surface area contributed by atoms with E-state index in [0.29, 0.717) is 17.0 Å². The minimum absolute atomic E-state index is 0.00774. The molecular weight excluding hydrogens is 402 g/mol. The molecule has 4 aromatic rings. The molecule has 4 rings (SSSR count). The van der Waals surface area contributed by atoms with E-state index >= 15 is 0 Å². The predicted octanol–water partition coefficient (Wildman–Crippen LogP) is 4.62. The van der Waals surface area contributed by atoms with Crippen LogP contribution in [0.5, 0.6) is 0 Å². The van der Waals surface area contributed by atoms with Crippen molar-refractivity contribution in [3.8, 4) is 6.07 Å². The second-order valence-electron chi connectivity index (χ2n) is 6.55. The van der Waals surface area contributed by atoms with Gasteiger partial charge in [-0.1, -0.05) is 0 Å². The fraction of sp³-hybridized carbons (Fsp3) is 0.143. The zero-order valence-electron chi connectivity index (χ0n) is 16.5. The molecule has 0 unspecified atom stereocenters. The Hall–Kier alpha value is -3.90. The summed E-state index contributed by atoms with van der Waals surface area (Å²) in [6.45, 7) is 5.02. The molecule has 30 heavy (non-hydrogen) atoms. The van der Waals surface area contributed by atoms with Crippen LogP contribution in [-0.2, 0) is 4.74 Å². The number of thiazole rings is 1. The summed E-state index contributed by atoms with van der Waals surface area (Å²) >= 11 is 1.44. The van der Waals surface area contributed by atoms with E-state index in [2.05, 4.69) is 10.1 Å². The number of amides is 1. The van der Waals surface area contributed by atoms with Crippen LogP contribution in [0, 0.1) is 18.3 Å². The lowest BCUT2D eigenvalue weighted by Gasteiger charge is -2.25. The topological polar surface area (TPSA) is 103 Å². The molecule has 0 radical (unpaired) electrons. The SMILES string of the molecule is C/C=C(\C)OC(=O)N(c1ccc2ncsc2c1)c1c(C)c(=O)c(C#N)c2cc[nH]n12. The molecule has 0 aliphatic carbocycles. The van der Waals surface area contributed by atoms with E-state index < -0.39 is 11.5 Å². The van der Waals surface area contributed by atoms with Crippen molar-refractivity contribution in [2.75, 3.05) is 4.90 Å². The van der Waals surface area contributed by atoms with Gasteiger partial charge in [-0.15, -0.1) is 11.3 Å². The van der Waals surface area contributed by atoms with Crippen LogP contribution in [0.4, 0.5) is 16.3 Å². The Labute approximate surface area is 175 Å². The number of hydrogen-bond acceptors (Lipinski definition) is 6. The summed E-state index contributed by atoms with van der Waals surface area (Å²) in [4.78, 5) is 31.7. The number of nitrogens with zero attached hydrogens (tertiary/aromatic N) is 4. The number of allylic oxidation sites excluding steroid dienone is 2. The van der Waals surface area contributed by atoms with Crippen molar-refractivity contribution >= 4 is 44.7 Å². The van der Waals surface area contributed by atoms with Gasteiger partial charge in [0.15, 0.2) is 0 Å². The lowest BCUT2D eigenvalue weighted by molar-refractivity contribution is 0.186. The zero-order chi connectivity index (χ0) is 21.4. The molecule has 0 saturated heterocycles. The standard InChI is InChI=1S/C21H17N5O3S/c1-4-12(2)29-21(28)25(14-5-6-16-18(9-14)30-11-23-16)20-13(3)19(27)15(10-22)17-7-8-24-26(17)20/h4-9,11,24H,1-3H3/b12-4+. The first kappa shape index (κ1) is 19.4. The van der Waals surface area contributed by atoms with Crippen LogP contribution in [0.1, 0.15) is 25.0 Å². The van der Waals surface area contributed by atoms with E-state index in [1.165, 1.54) is 16.2 Å². The molecule has 0 aliphatic heterocycles. The van der Waals surface area contributed by atoms with Crippen LogP contribution >= 0.6 is 11.3 Å². The van der Waals surface area contributed by atoms with Gasteiger partial charge in [-0.05, 0) is 51.1 Å². The van der Waals surface area contributed by atoms with E-state index in [9.17, 15) is 14.9 Å². The third-order valence-corrected chi connectivity index (χ3v) is 5.58. The molecule has 8 nitrogen and oxygen atoms in total. The molecule has 150 valence electrons. The minimum atomic E-state index is -0.676. The van der Waals surface area contributed by atoms with Crippen LogP contribution in [-0.4, -0.2) is 20.7 Å². The Morgan fingerprint density at radius 3 is 2.93 bits per heavy atom. The van der Waals surface area contributed by atoms with Crippen molar-refractivity contribution in [2.24, 2.45) is 0 Å². The first-order valence-corrected chi connectivity index (χ1v) is 9.95. The molecule has 3 aromatic heterocycles. The van der Waals surface area contributed by atoms with Gasteiger partial charge >= 0.3 is 6.09 Å². The maximum absolute atomic E-state index is 13.2. The van der Waals surface area contributed by atoms with Crippen molar-refractivity contribution in [2.45, 2.75) is 20.8 Å². The molecular formula is C21H17N5O3S. The number of nitriles is 1. The van der Waals surface area contributed by atoms with Gasteiger partial charge in [-0.25, -0.2) is 19.2 Å². The number of hydrogen-bond donors (Lipinski definition) is 1. The third-order valence-electron chi connectivity index (χ3n) is 4.79. The van der Waals surface area contributed by atoms with Gasteiger partial charge in [-0.3, -0.25) is 9.89 Å². The normalized spacial score (nSPS) is 11.6. The second-order valence-corrected chi connectivity index (χ2v) is 7.44. The first-order chi connectivity index (χ1) is 14.5. The molecule has 1 N–H and O–H groups in total. The number of ether oxygens (including phenoxy) is 1. The average Bonchev–Trinajstić information content (AvgIpc) is 3.40. The minimum Gasteiger partial charge on any atom is -0.415 e. The maximum atomic E-state index is 13.2. The highest BCUT2D eigenvalue weighted by atomic mass is 32.1. The number of carbonyl (C=O) groups excluding carboxylic acids is 1. The number of rotatable bonds is 3. The van der Waals surface area contributed by atoms with Crippen molar-refractivity contribution in [3.05, 3.63) is 69.2 Å². The second kappa shape index (κ2) is 7.50. The summed E-state index contributed by atoms with van der Waals surface area (Å²) in [6.07, 6.45) is 2.60. The highest BCUT2D eigenvalue weighted by Gasteiger charge is 2.28. The third kappa shape index (κ3) is 3.03. The summed E-state index contributed by atoms with van der Waals surface area (Å²) in [5.41, 5.74) is 3.23. The van der Waals surface area contributed by atoms with Crippen LogP contribution < -0.4 is 10.3 Å². The molecule has 0 atom stereocenters. The van der Waals surface area contributed by atoms with Crippen molar-refractivity contribution in [1.82, 2.24) is 14.6 Å². The van der Waals surface area contributed by atoms with Crippen LogP contribution in [0.25, 0.3) is 15.7 Å². The summed E-state index contributed by atoms with van der Waals surface area (Å²) in [5, 5.41) is 12.5. The lowest BCUT2D eigenvalue weighted by Crippen LogP contribution is -2.31. The Balaban J connectivity index is 2.03. The molecule has 9 heteroatoms. The van der Waals surface area contributed by atoms with Crippen molar-refractivity contribution in [1.29, 1.82) is 5.26 Å². The van der Waals surface area contributed by atoms with Crippen LogP contribution in [0.2, 0.25) is 0 Å². The number of aromatic nitrogens is 3. The first-order valence-electron chi connectivity index (χ1n) is 9.07. The summed E-state index contributed by atoms with van der Waals surface area (Å²) in [7, 11) is 0. The molecule has 1 amide bonds. The van der Waals surface area contributed by atoms with E-state index in [1.54, 1.807) is 61.3 Å². The lowest BCUT2D eigenvalue weighted by atomic mass is 10.1. The van der Waals surface area contributed by atoms with Gasteiger partial charge in [0.2, 0.25) is 5.43 Å². The number of pyridine rings is 1. The Bertz CT molecular complexity index is 1420. The van der Waals surface area contributed by atoms with E-state index in [1.807, 2.05) is 12.1 Å². The van der Waals surface area contributed by atoms with E-state index in [4.69, 9.17) is 4.74 Å². The smallest absolute Gasteiger partial charge is 0.415 e. The highest BCUT2D eigenvalue weighted by Crippen LogP contribution is 2.33. The predicted molar refractivity (Wildman–Crippen MR) is 115 cm³/mol. The van der Waals surface area contributed by atoms with Gasteiger partial charge in [0, 0.05) is 11.8 Å².